The molecule has 3 nitrogen and oxygen atoms in total. The van der Waals surface area contributed by atoms with E-state index in [-0.39, 0.29) is 16.5 Å². The van der Waals surface area contributed by atoms with E-state index in [0.29, 0.717) is 0 Å². The molecule has 0 aliphatic rings. The summed E-state index contributed by atoms with van der Waals surface area (Å²) in [6.45, 7) is 3.46. The van der Waals surface area contributed by atoms with Crippen LogP contribution in [0.4, 0.5) is 0 Å². The van der Waals surface area contributed by atoms with Crippen molar-refractivity contribution in [1.29, 1.82) is 0 Å². The highest BCUT2D eigenvalue weighted by Gasteiger charge is 2.13. The smallest absolute Gasteiger partial charge is 0.207 e. The maximum absolute atomic E-state index is 12.0. The number of nitrogens with one attached hydrogen (secondary N) is 1. The van der Waals surface area contributed by atoms with Crippen molar-refractivity contribution in [3.05, 3.63) is 54.1 Å². The molecule has 2 rings (SSSR count). The van der Waals surface area contributed by atoms with Gasteiger partial charge in [0.05, 0.1) is 4.90 Å². The zero-order chi connectivity index (χ0) is 13.2. The number of hydrogen-bond acceptors (Lipinski definition) is 2. The van der Waals surface area contributed by atoms with E-state index in [9.17, 15) is 8.42 Å². The maximum Gasteiger partial charge on any atom is 0.240 e. The Morgan fingerprint density at radius 1 is 1.17 bits per heavy atom. The van der Waals surface area contributed by atoms with Crippen molar-refractivity contribution in [2.45, 2.75) is 4.90 Å². The topological polar surface area (TPSA) is 46.2 Å². The van der Waals surface area contributed by atoms with E-state index in [2.05, 4.69) is 11.3 Å². The van der Waals surface area contributed by atoms with E-state index in [4.69, 9.17) is 11.6 Å². The predicted octanol–water partition coefficient (Wildman–Crippen LogP) is 2.87. The van der Waals surface area contributed by atoms with Gasteiger partial charge in [-0.05, 0) is 22.9 Å². The lowest BCUT2D eigenvalue weighted by Gasteiger charge is -2.07. The molecule has 2 aromatic rings. The molecule has 0 unspecified atom stereocenters. The van der Waals surface area contributed by atoms with Crippen LogP contribution in [-0.2, 0) is 10.0 Å². The number of halogens is 1. The monoisotopic (exact) mass is 281 g/mol. The molecular formula is C13H12ClNO2S. The van der Waals surface area contributed by atoms with E-state index in [1.807, 2.05) is 24.3 Å². The Balaban J connectivity index is 2.38. The van der Waals surface area contributed by atoms with Gasteiger partial charge in [0, 0.05) is 11.6 Å². The van der Waals surface area contributed by atoms with Crippen LogP contribution in [0.1, 0.15) is 0 Å². The molecule has 0 bridgehead atoms. The summed E-state index contributed by atoms with van der Waals surface area (Å²) in [5.74, 6) is 0. The van der Waals surface area contributed by atoms with Gasteiger partial charge in [0.2, 0.25) is 10.0 Å². The Bertz CT molecular complexity index is 695. The van der Waals surface area contributed by atoms with Gasteiger partial charge in [-0.1, -0.05) is 48.5 Å². The molecule has 0 saturated heterocycles. The van der Waals surface area contributed by atoms with Crippen LogP contribution in [0.3, 0.4) is 0 Å². The third-order valence-electron chi connectivity index (χ3n) is 2.49. The second-order valence-corrected chi connectivity index (χ2v) is 6.15. The van der Waals surface area contributed by atoms with Crippen LogP contribution in [0.15, 0.2) is 59.0 Å². The minimum atomic E-state index is -3.54. The van der Waals surface area contributed by atoms with E-state index in [0.717, 1.165) is 10.8 Å². The first-order valence-electron chi connectivity index (χ1n) is 5.31. The van der Waals surface area contributed by atoms with Crippen molar-refractivity contribution in [2.75, 3.05) is 6.54 Å². The lowest BCUT2D eigenvalue weighted by molar-refractivity contribution is 0.585. The fourth-order valence-corrected chi connectivity index (χ4v) is 2.80. The van der Waals surface area contributed by atoms with Crippen molar-refractivity contribution in [2.24, 2.45) is 0 Å². The average Bonchev–Trinajstić information content (AvgIpc) is 2.36. The summed E-state index contributed by atoms with van der Waals surface area (Å²) in [4.78, 5) is 0.221. The van der Waals surface area contributed by atoms with Gasteiger partial charge in [-0.25, -0.2) is 13.1 Å². The quantitative estimate of drug-likeness (QED) is 0.937. The van der Waals surface area contributed by atoms with Gasteiger partial charge in [-0.2, -0.15) is 0 Å². The zero-order valence-corrected chi connectivity index (χ0v) is 11.1. The lowest BCUT2D eigenvalue weighted by Crippen LogP contribution is -2.24. The second kappa shape index (κ2) is 5.10. The van der Waals surface area contributed by atoms with Crippen molar-refractivity contribution in [3.63, 3.8) is 0 Å². The van der Waals surface area contributed by atoms with Gasteiger partial charge in [-0.3, -0.25) is 0 Å². The SMILES string of the molecule is C=C(Cl)CNS(=O)(=O)c1ccc2ccccc2c1. The highest BCUT2D eigenvalue weighted by Crippen LogP contribution is 2.18. The first kappa shape index (κ1) is 13.1. The fraction of sp³-hybridized carbons (Fsp3) is 0.0769. The summed E-state index contributed by atoms with van der Waals surface area (Å²) in [5, 5.41) is 2.13. The molecule has 0 saturated carbocycles. The van der Waals surface area contributed by atoms with Crippen LogP contribution >= 0.6 is 11.6 Å². The lowest BCUT2D eigenvalue weighted by atomic mass is 10.1. The van der Waals surface area contributed by atoms with Crippen molar-refractivity contribution in [3.8, 4) is 0 Å². The highest BCUT2D eigenvalue weighted by atomic mass is 35.5. The van der Waals surface area contributed by atoms with E-state index >= 15 is 0 Å². The van der Waals surface area contributed by atoms with Crippen LogP contribution in [0.25, 0.3) is 10.8 Å². The summed E-state index contributed by atoms with van der Waals surface area (Å²) in [6.07, 6.45) is 0. The summed E-state index contributed by atoms with van der Waals surface area (Å²) in [6, 6.07) is 12.6. The normalized spacial score (nSPS) is 11.6. The summed E-state index contributed by atoms with van der Waals surface area (Å²) < 4.78 is 26.3. The molecule has 0 heterocycles. The van der Waals surface area contributed by atoms with Crippen molar-refractivity contribution >= 4 is 32.4 Å². The summed E-state index contributed by atoms with van der Waals surface area (Å²) in [5.41, 5.74) is 0. The Labute approximate surface area is 111 Å². The average molecular weight is 282 g/mol. The Morgan fingerprint density at radius 2 is 1.83 bits per heavy atom. The van der Waals surface area contributed by atoms with Crippen LogP contribution in [0.2, 0.25) is 0 Å². The molecule has 94 valence electrons. The van der Waals surface area contributed by atoms with Crippen LogP contribution in [0.5, 0.6) is 0 Å². The van der Waals surface area contributed by atoms with Crippen LogP contribution in [-0.4, -0.2) is 15.0 Å². The molecule has 0 radical (unpaired) electrons. The molecule has 0 fully saturated rings. The van der Waals surface area contributed by atoms with Gasteiger partial charge in [0.15, 0.2) is 0 Å². The molecule has 2 aromatic carbocycles. The number of benzene rings is 2. The third kappa shape index (κ3) is 2.90. The number of rotatable bonds is 4. The molecular weight excluding hydrogens is 270 g/mol. The molecule has 0 aromatic heterocycles. The maximum atomic E-state index is 12.0. The van der Waals surface area contributed by atoms with Gasteiger partial charge in [0.25, 0.3) is 0 Å². The highest BCUT2D eigenvalue weighted by molar-refractivity contribution is 7.89. The number of hydrogen-bond donors (Lipinski definition) is 1. The van der Waals surface area contributed by atoms with Gasteiger partial charge in [0.1, 0.15) is 0 Å². The Kier molecular flexibility index (Phi) is 3.71. The molecule has 0 aliphatic carbocycles. The molecule has 18 heavy (non-hydrogen) atoms. The predicted molar refractivity (Wildman–Crippen MR) is 74.1 cm³/mol. The summed E-state index contributed by atoms with van der Waals surface area (Å²) in [7, 11) is -3.54. The second-order valence-electron chi connectivity index (χ2n) is 3.85. The molecule has 5 heteroatoms. The first-order valence-corrected chi connectivity index (χ1v) is 7.17. The van der Waals surface area contributed by atoms with E-state index in [1.54, 1.807) is 18.2 Å². The van der Waals surface area contributed by atoms with E-state index in [1.165, 1.54) is 0 Å². The minimum absolute atomic E-state index is 0.0245. The number of fused-ring (bicyclic) bond motifs is 1. The Morgan fingerprint density at radius 3 is 2.50 bits per heavy atom. The van der Waals surface area contributed by atoms with E-state index < -0.39 is 10.0 Å². The van der Waals surface area contributed by atoms with Gasteiger partial charge in [-0.15, -0.1) is 0 Å². The standard InChI is InChI=1S/C13H12ClNO2S/c1-10(14)9-15-18(16,17)13-7-6-11-4-2-3-5-12(11)8-13/h2-8,15H,1,9H2. The number of sulfonamides is 1. The van der Waals surface area contributed by atoms with Gasteiger partial charge < -0.3 is 0 Å². The van der Waals surface area contributed by atoms with Crippen LogP contribution < -0.4 is 4.72 Å². The zero-order valence-electron chi connectivity index (χ0n) is 9.56. The molecule has 1 N–H and O–H groups in total. The molecule has 0 amide bonds. The minimum Gasteiger partial charge on any atom is -0.207 e. The van der Waals surface area contributed by atoms with Gasteiger partial charge >= 0.3 is 0 Å². The Hall–Kier alpha value is -1.36. The first-order chi connectivity index (χ1) is 8.49. The summed E-state index contributed by atoms with van der Waals surface area (Å²) >= 11 is 5.54. The molecule has 0 atom stereocenters. The van der Waals surface area contributed by atoms with Crippen molar-refractivity contribution in [1.82, 2.24) is 4.72 Å². The molecule has 0 spiro atoms. The molecule has 0 aliphatic heterocycles. The largest absolute Gasteiger partial charge is 0.240 e. The van der Waals surface area contributed by atoms with Crippen molar-refractivity contribution < 1.29 is 8.42 Å². The van der Waals surface area contributed by atoms with Crippen LogP contribution in [0, 0.1) is 0 Å². The third-order valence-corrected chi connectivity index (χ3v) is 4.02. The fourth-order valence-electron chi connectivity index (χ4n) is 1.59.